The minimum absolute atomic E-state index is 0.0996. The molecule has 4 N–H and O–H groups in total. The summed E-state index contributed by atoms with van der Waals surface area (Å²) >= 11 is 0. The number of nitrogens with zero attached hydrogens (tertiary/aromatic N) is 6. The lowest BCUT2D eigenvalue weighted by atomic mass is 9.85. The number of halogens is 2. The number of nitrogens with two attached hydrogens (primary N) is 1. The molecule has 0 radical (unpaired) electrons. The number of carbonyl (C=O) groups excluding carboxylic acids is 1. The van der Waals surface area contributed by atoms with Crippen molar-refractivity contribution in [2.24, 2.45) is 16.0 Å². The van der Waals surface area contributed by atoms with Gasteiger partial charge in [-0.1, -0.05) is 6.07 Å². The van der Waals surface area contributed by atoms with E-state index >= 15 is 0 Å². The van der Waals surface area contributed by atoms with E-state index in [0.717, 1.165) is 6.21 Å². The number of anilines is 2. The molecule has 2 aromatic rings. The third kappa shape index (κ3) is 6.61. The van der Waals surface area contributed by atoms with Crippen molar-refractivity contribution in [2.45, 2.75) is 43.8 Å². The van der Waals surface area contributed by atoms with Crippen LogP contribution in [0.4, 0.5) is 26.0 Å². The molecular formula is C23H31F2N9O. The summed E-state index contributed by atoms with van der Waals surface area (Å²) in [4.78, 5) is 24.1. The van der Waals surface area contributed by atoms with E-state index in [1.165, 1.54) is 6.20 Å². The fraction of sp³-hybridized carbons (Fsp3) is 0.478. The first-order chi connectivity index (χ1) is 16.6. The van der Waals surface area contributed by atoms with Gasteiger partial charge in [0.1, 0.15) is 17.2 Å². The number of hydrogen-bond acceptors (Lipinski definition) is 9. The van der Waals surface area contributed by atoms with Crippen molar-refractivity contribution in [1.82, 2.24) is 19.8 Å². The Bertz CT molecular complexity index is 1080. The topological polar surface area (TPSA) is 136 Å². The minimum atomic E-state index is -2.79. The van der Waals surface area contributed by atoms with Crippen molar-refractivity contribution in [3.8, 4) is 0 Å². The zero-order valence-corrected chi connectivity index (χ0v) is 20.1. The van der Waals surface area contributed by atoms with Crippen molar-refractivity contribution in [1.29, 1.82) is 5.41 Å². The van der Waals surface area contributed by atoms with Crippen LogP contribution in [0, 0.1) is 5.41 Å². The maximum atomic E-state index is 14.7. The number of rotatable bonds is 10. The summed E-state index contributed by atoms with van der Waals surface area (Å²) in [5.74, 6) is -2.91. The van der Waals surface area contributed by atoms with Crippen LogP contribution in [0.2, 0.25) is 0 Å². The van der Waals surface area contributed by atoms with Crippen LogP contribution in [-0.2, 0) is 6.54 Å². The molecule has 0 saturated heterocycles. The molecule has 2 atom stereocenters. The first-order valence-corrected chi connectivity index (χ1v) is 11.3. The van der Waals surface area contributed by atoms with Crippen molar-refractivity contribution in [3.63, 3.8) is 0 Å². The third-order valence-electron chi connectivity index (χ3n) is 5.89. The number of amides is 1. The molecule has 0 aliphatic heterocycles. The molecule has 2 unspecified atom stereocenters. The Morgan fingerprint density at radius 3 is 2.83 bits per heavy atom. The van der Waals surface area contributed by atoms with Gasteiger partial charge in [0.05, 0.1) is 24.8 Å². The maximum Gasteiger partial charge on any atom is 0.264 e. The fourth-order valence-corrected chi connectivity index (χ4v) is 4.37. The molecule has 0 spiro atoms. The lowest BCUT2D eigenvalue weighted by Crippen LogP contribution is -2.59. The average molecular weight is 488 g/mol. The Kier molecular flexibility index (Phi) is 8.52. The maximum absolute atomic E-state index is 14.7. The number of alkyl halides is 2. The average Bonchev–Trinajstić information content (AvgIpc) is 2.78. The van der Waals surface area contributed by atoms with Gasteiger partial charge in [-0.3, -0.25) is 14.6 Å². The van der Waals surface area contributed by atoms with Crippen LogP contribution in [0.3, 0.4) is 0 Å². The molecule has 1 aliphatic rings. The van der Waals surface area contributed by atoms with Gasteiger partial charge in [0, 0.05) is 30.6 Å². The van der Waals surface area contributed by atoms with Crippen LogP contribution in [0.25, 0.3) is 0 Å². The number of nitrogens with one attached hydrogen (secondary N) is 2. The molecule has 1 amide bonds. The van der Waals surface area contributed by atoms with Crippen LogP contribution in [0.15, 0.2) is 40.7 Å². The van der Waals surface area contributed by atoms with Crippen LogP contribution in [0.1, 0.15) is 35.4 Å². The van der Waals surface area contributed by atoms with E-state index in [2.05, 4.69) is 25.5 Å². The second-order valence-electron chi connectivity index (χ2n) is 8.76. The molecule has 12 heteroatoms. The molecule has 1 aromatic heterocycles. The quantitative estimate of drug-likeness (QED) is 0.346. The Morgan fingerprint density at radius 1 is 1.37 bits per heavy atom. The highest BCUT2D eigenvalue weighted by atomic mass is 19.3. The summed E-state index contributed by atoms with van der Waals surface area (Å²) in [7, 11) is 5.12. The minimum Gasteiger partial charge on any atom is -0.365 e. The first-order valence-electron chi connectivity index (χ1n) is 11.3. The van der Waals surface area contributed by atoms with Crippen molar-refractivity contribution in [2.75, 3.05) is 33.0 Å². The largest absolute Gasteiger partial charge is 0.365 e. The molecule has 35 heavy (non-hydrogen) atoms. The van der Waals surface area contributed by atoms with E-state index in [9.17, 15) is 13.6 Å². The van der Waals surface area contributed by atoms with E-state index in [0.29, 0.717) is 30.0 Å². The van der Waals surface area contributed by atoms with E-state index in [4.69, 9.17) is 11.1 Å². The van der Waals surface area contributed by atoms with E-state index in [1.54, 1.807) is 50.3 Å². The highest BCUT2D eigenvalue weighted by Gasteiger charge is 2.49. The molecule has 1 aliphatic carbocycles. The van der Waals surface area contributed by atoms with Gasteiger partial charge in [-0.15, -0.1) is 0 Å². The van der Waals surface area contributed by atoms with Crippen molar-refractivity contribution in [3.05, 3.63) is 41.9 Å². The monoisotopic (exact) mass is 487 g/mol. The van der Waals surface area contributed by atoms with Crippen molar-refractivity contribution >= 4 is 29.3 Å². The molecule has 3 rings (SSSR count). The summed E-state index contributed by atoms with van der Waals surface area (Å²) < 4.78 is 29.3. The van der Waals surface area contributed by atoms with Crippen LogP contribution in [0.5, 0.6) is 0 Å². The number of aromatic nitrogens is 2. The second-order valence-corrected chi connectivity index (χ2v) is 8.76. The van der Waals surface area contributed by atoms with Crippen LogP contribution >= 0.6 is 0 Å². The third-order valence-corrected chi connectivity index (χ3v) is 5.89. The Hall–Kier alpha value is -3.38. The summed E-state index contributed by atoms with van der Waals surface area (Å²) in [6, 6.07) is 5.67. The normalized spacial score (nSPS) is 19.9. The second kappa shape index (κ2) is 11.4. The Labute approximate surface area is 203 Å². The van der Waals surface area contributed by atoms with Gasteiger partial charge in [-0.05, 0) is 52.2 Å². The zero-order chi connectivity index (χ0) is 25.6. The number of primary amides is 1. The highest BCUT2D eigenvalue weighted by Crippen LogP contribution is 2.38. The summed E-state index contributed by atoms with van der Waals surface area (Å²) in [5, 5.41) is 18.0. The first kappa shape index (κ1) is 26.2. The van der Waals surface area contributed by atoms with Gasteiger partial charge < -0.3 is 16.5 Å². The molecule has 188 valence electrons. The smallest absolute Gasteiger partial charge is 0.264 e. The summed E-state index contributed by atoms with van der Waals surface area (Å²) in [5.41, 5.74) is 6.76. The van der Waals surface area contributed by atoms with Gasteiger partial charge in [0.15, 0.2) is 0 Å². The van der Waals surface area contributed by atoms with Gasteiger partial charge in [-0.2, -0.15) is 10.2 Å². The predicted molar refractivity (Wildman–Crippen MR) is 130 cm³/mol. The lowest BCUT2D eigenvalue weighted by Gasteiger charge is -2.45. The van der Waals surface area contributed by atoms with Crippen LogP contribution in [-0.4, -0.2) is 77.6 Å². The molecule has 1 fully saturated rings. The molecule has 1 saturated carbocycles. The van der Waals surface area contributed by atoms with Gasteiger partial charge in [0.2, 0.25) is 0 Å². The summed E-state index contributed by atoms with van der Waals surface area (Å²) in [6.07, 6.45) is 3.43. The fourth-order valence-electron chi connectivity index (χ4n) is 4.37. The molecule has 1 aromatic carbocycles. The zero-order valence-electron chi connectivity index (χ0n) is 20.1. The molecule has 10 nitrogen and oxygen atoms in total. The number of carbonyl (C=O) groups is 1. The number of hydrogen-bond donors (Lipinski definition) is 3. The molecule has 1 heterocycles. The highest BCUT2D eigenvalue weighted by molar-refractivity contribution is 5.97. The van der Waals surface area contributed by atoms with E-state index in [-0.39, 0.29) is 36.9 Å². The van der Waals surface area contributed by atoms with E-state index < -0.39 is 17.9 Å². The summed E-state index contributed by atoms with van der Waals surface area (Å²) in [6.45, 7) is 0.393. The Balaban J connectivity index is 1.83. The lowest BCUT2D eigenvalue weighted by molar-refractivity contribution is -0.124. The van der Waals surface area contributed by atoms with E-state index in [1.807, 2.05) is 4.90 Å². The molecular weight excluding hydrogens is 456 g/mol. The SMILES string of the molecule is CN(C)C1C(N(C)Cc2ncc(C(N)=O)c(Nc3cccc(N=NCC=N)c3)n2)CCCC1(F)F. The van der Waals surface area contributed by atoms with Gasteiger partial charge in [0.25, 0.3) is 11.8 Å². The number of azo groups is 1. The Morgan fingerprint density at radius 2 is 2.14 bits per heavy atom. The number of benzene rings is 1. The molecule has 0 bridgehead atoms. The van der Waals surface area contributed by atoms with Crippen molar-refractivity contribution < 1.29 is 13.6 Å². The van der Waals surface area contributed by atoms with Crippen LogP contribution < -0.4 is 11.1 Å². The number of likely N-dealkylation sites (N-methyl/N-ethyl adjacent to an activating group) is 2. The standard InChI is InChI=1S/C23H31F2N9O/c1-33(2)20-18(8-5-9-23(20,24)25)34(3)14-19-28-13-17(21(27)35)22(31-19)30-15-6-4-7-16(12-15)32-29-11-10-26/h4,6-7,10,12-13,18,20,26H,5,8-9,11,14H2,1-3H3,(H2,27,35)(H,28,30,31). The van der Waals surface area contributed by atoms with Gasteiger partial charge >= 0.3 is 0 Å². The predicted octanol–water partition coefficient (Wildman–Crippen LogP) is 3.60. The van der Waals surface area contributed by atoms with Gasteiger partial charge in [-0.25, -0.2) is 18.7 Å².